The number of aryl methyl sites for hydroxylation is 1. The van der Waals surface area contributed by atoms with Crippen molar-refractivity contribution in [3.63, 3.8) is 0 Å². The fraction of sp³-hybridized carbons (Fsp3) is 0.316. The Kier molecular flexibility index (Phi) is 6.90. The molecule has 0 aliphatic heterocycles. The number of carbonyl (C=O) groups excluding carboxylic acids is 1. The standard InChI is InChI=1S/C19H21FN4O/c1-3-18(25)21-11-6-4-5-8-15-13-22-14(2)23-19(15)24-17-10-7-9-16(20)12-17/h7,9-10,12-13H,3-4,6,11H2,1-2H3,(H,21,25)(H,22,23,24). The van der Waals surface area contributed by atoms with Gasteiger partial charge in [0, 0.05) is 31.3 Å². The summed E-state index contributed by atoms with van der Waals surface area (Å²) in [6.07, 6.45) is 3.56. The van der Waals surface area contributed by atoms with Crippen LogP contribution in [0.5, 0.6) is 0 Å². The van der Waals surface area contributed by atoms with Crippen LogP contribution < -0.4 is 10.6 Å². The van der Waals surface area contributed by atoms with Gasteiger partial charge in [-0.1, -0.05) is 24.8 Å². The van der Waals surface area contributed by atoms with E-state index in [-0.39, 0.29) is 11.7 Å². The van der Waals surface area contributed by atoms with Gasteiger partial charge in [0.2, 0.25) is 5.91 Å². The van der Waals surface area contributed by atoms with Gasteiger partial charge in [0.05, 0.1) is 5.56 Å². The van der Waals surface area contributed by atoms with E-state index in [0.717, 1.165) is 6.42 Å². The number of rotatable bonds is 6. The highest BCUT2D eigenvalue weighted by Gasteiger charge is 2.05. The van der Waals surface area contributed by atoms with Crippen molar-refractivity contribution >= 4 is 17.4 Å². The molecule has 1 heterocycles. The van der Waals surface area contributed by atoms with Gasteiger partial charge in [0.25, 0.3) is 0 Å². The van der Waals surface area contributed by atoms with Gasteiger partial charge in [-0.2, -0.15) is 0 Å². The first-order chi connectivity index (χ1) is 12.1. The van der Waals surface area contributed by atoms with E-state index in [1.807, 2.05) is 6.92 Å². The van der Waals surface area contributed by atoms with E-state index >= 15 is 0 Å². The number of hydrogen-bond donors (Lipinski definition) is 2. The molecule has 2 aromatic rings. The Morgan fingerprint density at radius 2 is 2.20 bits per heavy atom. The molecule has 5 nitrogen and oxygen atoms in total. The van der Waals surface area contributed by atoms with Crippen LogP contribution in [-0.4, -0.2) is 22.4 Å². The maximum atomic E-state index is 13.3. The van der Waals surface area contributed by atoms with E-state index in [1.165, 1.54) is 12.1 Å². The summed E-state index contributed by atoms with van der Waals surface area (Å²) in [6.45, 7) is 4.21. The minimum Gasteiger partial charge on any atom is -0.356 e. The normalized spacial score (nSPS) is 9.88. The van der Waals surface area contributed by atoms with Gasteiger partial charge >= 0.3 is 0 Å². The van der Waals surface area contributed by atoms with E-state index < -0.39 is 0 Å². The second-order valence-electron chi connectivity index (χ2n) is 5.42. The van der Waals surface area contributed by atoms with E-state index in [4.69, 9.17) is 0 Å². The van der Waals surface area contributed by atoms with Crippen molar-refractivity contribution in [2.45, 2.75) is 33.1 Å². The minimum absolute atomic E-state index is 0.0430. The largest absolute Gasteiger partial charge is 0.356 e. The summed E-state index contributed by atoms with van der Waals surface area (Å²) in [5.41, 5.74) is 1.25. The predicted octanol–water partition coefficient (Wildman–Crippen LogP) is 3.33. The number of anilines is 2. The monoisotopic (exact) mass is 340 g/mol. The number of amides is 1. The van der Waals surface area contributed by atoms with Crippen molar-refractivity contribution in [1.82, 2.24) is 15.3 Å². The van der Waals surface area contributed by atoms with Gasteiger partial charge in [-0.05, 0) is 31.5 Å². The van der Waals surface area contributed by atoms with Gasteiger partial charge in [0.1, 0.15) is 17.5 Å². The van der Waals surface area contributed by atoms with Gasteiger partial charge < -0.3 is 10.6 Å². The molecule has 0 aliphatic rings. The zero-order chi connectivity index (χ0) is 18.1. The molecule has 1 amide bonds. The zero-order valence-corrected chi connectivity index (χ0v) is 14.4. The SMILES string of the molecule is CCC(=O)NCCCC#Cc1cnc(C)nc1Nc1cccc(F)c1. The lowest BCUT2D eigenvalue weighted by molar-refractivity contribution is -0.120. The fourth-order valence-electron chi connectivity index (χ4n) is 2.05. The molecule has 1 aromatic carbocycles. The average Bonchev–Trinajstić information content (AvgIpc) is 2.59. The Labute approximate surface area is 147 Å². The molecule has 1 aromatic heterocycles. The fourth-order valence-corrected chi connectivity index (χ4v) is 2.05. The molecule has 0 aliphatic carbocycles. The summed E-state index contributed by atoms with van der Waals surface area (Å²) in [5.74, 6) is 6.96. The molecular formula is C19H21FN4O. The third-order valence-corrected chi connectivity index (χ3v) is 3.34. The summed E-state index contributed by atoms with van der Waals surface area (Å²) in [7, 11) is 0. The van der Waals surface area contributed by atoms with Crippen LogP contribution in [0.15, 0.2) is 30.5 Å². The lowest BCUT2D eigenvalue weighted by Crippen LogP contribution is -2.22. The average molecular weight is 340 g/mol. The molecule has 0 radical (unpaired) electrons. The first kappa shape index (κ1) is 18.4. The van der Waals surface area contributed by atoms with Crippen LogP contribution in [0.1, 0.15) is 37.6 Å². The van der Waals surface area contributed by atoms with Gasteiger partial charge in [-0.25, -0.2) is 14.4 Å². The number of halogens is 1. The molecule has 0 saturated carbocycles. The number of hydrogen-bond acceptors (Lipinski definition) is 4. The quantitative estimate of drug-likeness (QED) is 0.625. The highest BCUT2D eigenvalue weighted by atomic mass is 19.1. The third kappa shape index (κ3) is 6.22. The number of unbranched alkanes of at least 4 members (excludes halogenated alkanes) is 1. The molecular weight excluding hydrogens is 319 g/mol. The summed E-state index contributed by atoms with van der Waals surface area (Å²) >= 11 is 0. The zero-order valence-electron chi connectivity index (χ0n) is 14.4. The third-order valence-electron chi connectivity index (χ3n) is 3.34. The van der Waals surface area contributed by atoms with Crippen LogP contribution in [0.3, 0.4) is 0 Å². The summed E-state index contributed by atoms with van der Waals surface area (Å²) in [5, 5.41) is 5.89. The van der Waals surface area contributed by atoms with Crippen LogP contribution in [0.2, 0.25) is 0 Å². The van der Waals surface area contributed by atoms with Crippen LogP contribution in [-0.2, 0) is 4.79 Å². The topological polar surface area (TPSA) is 66.9 Å². The number of benzene rings is 1. The highest BCUT2D eigenvalue weighted by molar-refractivity contribution is 5.75. The first-order valence-electron chi connectivity index (χ1n) is 8.20. The van der Waals surface area contributed by atoms with Crippen molar-refractivity contribution in [3.05, 3.63) is 47.7 Å². The lowest BCUT2D eigenvalue weighted by Gasteiger charge is -2.08. The molecule has 2 rings (SSSR count). The van der Waals surface area contributed by atoms with Crippen LogP contribution >= 0.6 is 0 Å². The molecule has 0 spiro atoms. The van der Waals surface area contributed by atoms with Crippen molar-refractivity contribution < 1.29 is 9.18 Å². The van der Waals surface area contributed by atoms with E-state index in [1.54, 1.807) is 25.3 Å². The minimum atomic E-state index is -0.322. The second-order valence-corrected chi connectivity index (χ2v) is 5.42. The Morgan fingerprint density at radius 3 is 2.96 bits per heavy atom. The number of nitrogens with one attached hydrogen (secondary N) is 2. The van der Waals surface area contributed by atoms with Crippen LogP contribution in [0.4, 0.5) is 15.9 Å². The summed E-state index contributed by atoms with van der Waals surface area (Å²) < 4.78 is 13.3. The van der Waals surface area contributed by atoms with Crippen molar-refractivity contribution in [2.24, 2.45) is 0 Å². The van der Waals surface area contributed by atoms with Gasteiger partial charge in [-0.15, -0.1) is 0 Å². The highest BCUT2D eigenvalue weighted by Crippen LogP contribution is 2.18. The van der Waals surface area contributed by atoms with Crippen molar-refractivity contribution in [3.8, 4) is 11.8 Å². The predicted molar refractivity (Wildman–Crippen MR) is 95.9 cm³/mol. The molecule has 2 N–H and O–H groups in total. The molecule has 0 atom stereocenters. The number of aromatic nitrogens is 2. The maximum Gasteiger partial charge on any atom is 0.219 e. The molecule has 6 heteroatoms. The molecule has 0 bridgehead atoms. The van der Waals surface area contributed by atoms with E-state index in [9.17, 15) is 9.18 Å². The second kappa shape index (κ2) is 9.38. The lowest BCUT2D eigenvalue weighted by atomic mass is 10.2. The van der Waals surface area contributed by atoms with Gasteiger partial charge in [0.15, 0.2) is 0 Å². The van der Waals surface area contributed by atoms with E-state index in [0.29, 0.717) is 42.3 Å². The maximum absolute atomic E-state index is 13.3. The molecule has 0 unspecified atom stereocenters. The molecule has 130 valence electrons. The van der Waals surface area contributed by atoms with Gasteiger partial charge in [-0.3, -0.25) is 4.79 Å². The molecule has 25 heavy (non-hydrogen) atoms. The summed E-state index contributed by atoms with van der Waals surface area (Å²) in [6, 6.07) is 6.16. The van der Waals surface area contributed by atoms with E-state index in [2.05, 4.69) is 32.4 Å². The van der Waals surface area contributed by atoms with Crippen molar-refractivity contribution in [1.29, 1.82) is 0 Å². The van der Waals surface area contributed by atoms with Crippen molar-refractivity contribution in [2.75, 3.05) is 11.9 Å². The Bertz CT molecular complexity index is 795. The Morgan fingerprint density at radius 1 is 1.36 bits per heavy atom. The molecule has 0 saturated heterocycles. The smallest absolute Gasteiger partial charge is 0.219 e. The first-order valence-corrected chi connectivity index (χ1v) is 8.20. The van der Waals surface area contributed by atoms with Crippen LogP contribution in [0, 0.1) is 24.6 Å². The molecule has 0 fully saturated rings. The Hall–Kier alpha value is -2.94. The Balaban J connectivity index is 2.01. The number of nitrogens with zero attached hydrogens (tertiary/aromatic N) is 2. The van der Waals surface area contributed by atoms with Crippen LogP contribution in [0.25, 0.3) is 0 Å². The number of carbonyl (C=O) groups is 1. The summed E-state index contributed by atoms with van der Waals surface area (Å²) in [4.78, 5) is 19.6.